The molecular formula is C58H44N2O4. The molecule has 0 N–H and O–H groups in total. The number of fused-ring (bicyclic) bond motifs is 7. The van der Waals surface area contributed by atoms with Gasteiger partial charge in [-0.1, -0.05) is 146 Å². The Labute approximate surface area is 371 Å². The summed E-state index contributed by atoms with van der Waals surface area (Å²) in [7, 11) is 0. The summed E-state index contributed by atoms with van der Waals surface area (Å²) in [6.07, 6.45) is 9.71. The van der Waals surface area contributed by atoms with Gasteiger partial charge in [0.2, 0.25) is 0 Å². The summed E-state index contributed by atoms with van der Waals surface area (Å²) in [5.74, 6) is 0.895. The van der Waals surface area contributed by atoms with Crippen LogP contribution in [-0.2, 0) is 11.3 Å². The first-order valence-electron chi connectivity index (χ1n) is 21.7. The number of ether oxygens (including phenoxy) is 3. The summed E-state index contributed by atoms with van der Waals surface area (Å²) >= 11 is 0. The van der Waals surface area contributed by atoms with E-state index in [4.69, 9.17) is 24.2 Å². The highest BCUT2D eigenvalue weighted by molar-refractivity contribution is 6.07. The summed E-state index contributed by atoms with van der Waals surface area (Å²) in [5.41, 5.74) is 7.14. The molecule has 0 amide bonds. The molecule has 8 aromatic carbocycles. The van der Waals surface area contributed by atoms with E-state index in [9.17, 15) is 4.79 Å². The zero-order valence-electron chi connectivity index (χ0n) is 35.2. The van der Waals surface area contributed by atoms with Gasteiger partial charge in [-0.15, -0.1) is 0 Å². The summed E-state index contributed by atoms with van der Waals surface area (Å²) in [6, 6.07) is 61.3. The van der Waals surface area contributed by atoms with Crippen molar-refractivity contribution in [3.63, 3.8) is 0 Å². The lowest BCUT2D eigenvalue weighted by molar-refractivity contribution is 0.0468. The Morgan fingerprint density at radius 1 is 0.453 bits per heavy atom. The van der Waals surface area contributed by atoms with E-state index in [1.165, 1.54) is 21.5 Å². The maximum absolute atomic E-state index is 13.5. The SMILES string of the molecule is O=C(OCc1ccc(/C=C/c2ccc3c(ccc4ccccc43)n2)cc1)c1cc2ccccc2cc1OCCCCOc1ccc(/C=C/c2ccc3c(ccc4ccccc43)n2)cc1. The highest BCUT2D eigenvalue weighted by Crippen LogP contribution is 2.29. The van der Waals surface area contributed by atoms with Gasteiger partial charge in [-0.2, -0.15) is 0 Å². The Hall–Kier alpha value is -8.09. The average molecular weight is 833 g/mol. The molecule has 10 rings (SSSR count). The maximum Gasteiger partial charge on any atom is 0.342 e. The molecule has 0 unspecified atom stereocenters. The van der Waals surface area contributed by atoms with Crippen LogP contribution < -0.4 is 9.47 Å². The number of carbonyl (C=O) groups excluding carboxylic acids is 1. The van der Waals surface area contributed by atoms with E-state index in [-0.39, 0.29) is 6.61 Å². The largest absolute Gasteiger partial charge is 0.494 e. The molecule has 0 saturated heterocycles. The van der Waals surface area contributed by atoms with Crippen molar-refractivity contribution in [2.45, 2.75) is 19.4 Å². The zero-order chi connectivity index (χ0) is 43.1. The van der Waals surface area contributed by atoms with Gasteiger partial charge < -0.3 is 14.2 Å². The van der Waals surface area contributed by atoms with Gasteiger partial charge in [-0.05, 0) is 123 Å². The predicted molar refractivity (Wildman–Crippen MR) is 263 cm³/mol. The van der Waals surface area contributed by atoms with Crippen molar-refractivity contribution in [1.29, 1.82) is 0 Å². The molecule has 0 aliphatic heterocycles. The van der Waals surface area contributed by atoms with Crippen LogP contribution in [0.3, 0.4) is 0 Å². The topological polar surface area (TPSA) is 70.5 Å². The molecule has 0 atom stereocenters. The molecule has 0 aliphatic carbocycles. The van der Waals surface area contributed by atoms with Gasteiger partial charge in [-0.25, -0.2) is 14.8 Å². The number of esters is 1. The van der Waals surface area contributed by atoms with Crippen LogP contribution in [0.1, 0.15) is 51.3 Å². The van der Waals surface area contributed by atoms with Crippen molar-refractivity contribution < 1.29 is 19.0 Å². The summed E-state index contributed by atoms with van der Waals surface area (Å²) < 4.78 is 18.1. The first-order chi connectivity index (χ1) is 31.6. The molecule has 2 aromatic heterocycles. The van der Waals surface area contributed by atoms with E-state index < -0.39 is 5.97 Å². The third kappa shape index (κ3) is 9.08. The number of pyridine rings is 2. The summed E-state index contributed by atoms with van der Waals surface area (Å²) in [6.45, 7) is 1.13. The number of unbranched alkanes of at least 4 members (excludes halogenated alkanes) is 1. The zero-order valence-corrected chi connectivity index (χ0v) is 35.2. The highest BCUT2D eigenvalue weighted by atomic mass is 16.5. The van der Waals surface area contributed by atoms with Crippen LogP contribution in [-0.4, -0.2) is 29.2 Å². The third-order valence-corrected chi connectivity index (χ3v) is 11.5. The lowest BCUT2D eigenvalue weighted by atomic mass is 10.0. The van der Waals surface area contributed by atoms with Crippen molar-refractivity contribution in [2.75, 3.05) is 13.2 Å². The van der Waals surface area contributed by atoms with Crippen LogP contribution in [0.25, 0.3) is 78.4 Å². The Bertz CT molecular complexity index is 3360. The third-order valence-electron chi connectivity index (χ3n) is 11.5. The molecule has 0 saturated carbocycles. The normalized spacial score (nSPS) is 11.7. The molecule has 64 heavy (non-hydrogen) atoms. The lowest BCUT2D eigenvalue weighted by Gasteiger charge is -2.13. The van der Waals surface area contributed by atoms with Crippen molar-refractivity contribution in [3.05, 3.63) is 216 Å². The molecule has 0 spiro atoms. The van der Waals surface area contributed by atoms with E-state index in [0.717, 1.165) is 79.2 Å². The highest BCUT2D eigenvalue weighted by Gasteiger charge is 2.16. The second-order valence-electron chi connectivity index (χ2n) is 15.8. The molecular weight excluding hydrogens is 789 g/mol. The summed E-state index contributed by atoms with van der Waals surface area (Å²) in [4.78, 5) is 23.3. The number of rotatable bonds is 14. The van der Waals surface area contributed by atoms with E-state index in [0.29, 0.717) is 24.5 Å². The van der Waals surface area contributed by atoms with Crippen LogP contribution in [0, 0.1) is 0 Å². The fourth-order valence-electron chi connectivity index (χ4n) is 8.05. The number of hydrogen-bond donors (Lipinski definition) is 0. The fourth-order valence-corrected chi connectivity index (χ4v) is 8.05. The second-order valence-corrected chi connectivity index (χ2v) is 15.8. The van der Waals surface area contributed by atoms with Gasteiger partial charge in [0, 0.05) is 10.8 Å². The van der Waals surface area contributed by atoms with Gasteiger partial charge in [0.1, 0.15) is 23.7 Å². The summed E-state index contributed by atoms with van der Waals surface area (Å²) in [5, 5.41) is 9.09. The van der Waals surface area contributed by atoms with Crippen molar-refractivity contribution in [1.82, 2.24) is 9.97 Å². The van der Waals surface area contributed by atoms with Crippen LogP contribution >= 0.6 is 0 Å². The lowest BCUT2D eigenvalue weighted by Crippen LogP contribution is -2.09. The number of aromatic nitrogens is 2. The second kappa shape index (κ2) is 18.5. The number of benzene rings is 8. The van der Waals surface area contributed by atoms with Gasteiger partial charge in [-0.3, -0.25) is 0 Å². The van der Waals surface area contributed by atoms with Gasteiger partial charge in [0.25, 0.3) is 0 Å². The quantitative estimate of drug-likeness (QED) is 0.0617. The molecule has 0 radical (unpaired) electrons. The van der Waals surface area contributed by atoms with Gasteiger partial charge in [0.05, 0.1) is 35.6 Å². The standard InChI is InChI=1S/C58H44N2O4/c61-58(64-39-42-17-15-40(16-18-42)19-25-47-27-31-52-50-13-5-3-9-43(50)23-33-55(52)59-47)54-37-45-11-1-2-12-46(45)38-57(54)63-36-8-7-35-62-49-29-21-41(22-30-49)20-26-48-28-32-53-51-14-6-4-10-44(51)24-34-56(53)60-48/h1-6,9-34,37-38H,7-8,35-36,39H2/b25-19+,26-20+. The Kier molecular flexibility index (Phi) is 11.6. The molecule has 2 heterocycles. The van der Waals surface area contributed by atoms with Crippen LogP contribution in [0.5, 0.6) is 11.5 Å². The van der Waals surface area contributed by atoms with Crippen molar-refractivity contribution in [2.24, 2.45) is 0 Å². The minimum atomic E-state index is -0.427. The number of nitrogens with zero attached hydrogens (tertiary/aromatic N) is 2. The van der Waals surface area contributed by atoms with Gasteiger partial charge >= 0.3 is 5.97 Å². The van der Waals surface area contributed by atoms with Crippen molar-refractivity contribution in [3.8, 4) is 11.5 Å². The molecule has 6 heteroatoms. The number of carbonyl (C=O) groups is 1. The fraction of sp³-hybridized carbons (Fsp3) is 0.0862. The molecule has 0 fully saturated rings. The molecule has 310 valence electrons. The predicted octanol–water partition coefficient (Wildman–Crippen LogP) is 14.2. The monoisotopic (exact) mass is 832 g/mol. The minimum absolute atomic E-state index is 0.142. The van der Waals surface area contributed by atoms with E-state index in [1.807, 2.05) is 109 Å². The van der Waals surface area contributed by atoms with Crippen molar-refractivity contribution >= 4 is 84.4 Å². The maximum atomic E-state index is 13.5. The van der Waals surface area contributed by atoms with Crippen LogP contribution in [0.4, 0.5) is 0 Å². The molecule has 6 nitrogen and oxygen atoms in total. The Morgan fingerprint density at radius 3 is 1.56 bits per heavy atom. The molecule has 0 aliphatic rings. The van der Waals surface area contributed by atoms with Crippen LogP contribution in [0.15, 0.2) is 182 Å². The van der Waals surface area contributed by atoms with Crippen LogP contribution in [0.2, 0.25) is 0 Å². The Morgan fingerprint density at radius 2 is 0.969 bits per heavy atom. The van der Waals surface area contributed by atoms with E-state index >= 15 is 0 Å². The van der Waals surface area contributed by atoms with Gasteiger partial charge in [0.15, 0.2) is 0 Å². The molecule has 10 aromatic rings. The smallest absolute Gasteiger partial charge is 0.342 e. The average Bonchev–Trinajstić information content (AvgIpc) is 3.35. The first-order valence-corrected chi connectivity index (χ1v) is 21.7. The van der Waals surface area contributed by atoms with E-state index in [2.05, 4.69) is 97.1 Å². The molecule has 0 bridgehead atoms. The first kappa shape index (κ1) is 40.0. The minimum Gasteiger partial charge on any atom is -0.494 e. The Balaban J connectivity index is 0.703. The van der Waals surface area contributed by atoms with E-state index in [1.54, 1.807) is 0 Å². The number of hydrogen-bond acceptors (Lipinski definition) is 6.